The molecule has 1 N–H and O–H groups in total. The topological polar surface area (TPSA) is 40.5 Å². The smallest absolute Gasteiger partial charge is 0.416 e. The van der Waals surface area contributed by atoms with Crippen LogP contribution in [-0.2, 0) is 6.42 Å². The van der Waals surface area contributed by atoms with E-state index in [1.54, 1.807) is 0 Å². The van der Waals surface area contributed by atoms with E-state index >= 15 is 0 Å². The van der Waals surface area contributed by atoms with Crippen LogP contribution < -0.4 is 4.90 Å². The lowest BCUT2D eigenvalue weighted by atomic mass is 9.96. The zero-order valence-electron chi connectivity index (χ0n) is 9.13. The molecule has 3 nitrogen and oxygen atoms in total. The number of para-hydroxylation sites is 2. The zero-order chi connectivity index (χ0) is 11.8. The number of hydrogen-bond donors (Lipinski definition) is 1. The van der Waals surface area contributed by atoms with Crippen LogP contribution in [-0.4, -0.2) is 11.2 Å². The highest BCUT2D eigenvalue weighted by molar-refractivity contribution is 5.98. The minimum absolute atomic E-state index is 0.763. The molecular weight excluding hydrogens is 214 g/mol. The summed E-state index contributed by atoms with van der Waals surface area (Å²) >= 11 is 0. The van der Waals surface area contributed by atoms with Crippen LogP contribution in [0.25, 0.3) is 0 Å². The van der Waals surface area contributed by atoms with Crippen molar-refractivity contribution in [3.63, 3.8) is 0 Å². The Bertz CT molecular complexity index is 547. The molecule has 1 heterocycles. The number of benzene rings is 2. The Kier molecular flexibility index (Phi) is 2.11. The van der Waals surface area contributed by atoms with E-state index in [-0.39, 0.29) is 0 Å². The normalized spacial score (nSPS) is 12.8. The zero-order valence-corrected chi connectivity index (χ0v) is 9.13. The van der Waals surface area contributed by atoms with Gasteiger partial charge in [-0.15, -0.1) is 0 Å². The van der Waals surface area contributed by atoms with E-state index in [1.165, 1.54) is 4.90 Å². The molecule has 1 aliphatic rings. The summed E-state index contributed by atoms with van der Waals surface area (Å²) in [6.45, 7) is 0. The molecular formula is C14H11NO2. The second kappa shape index (κ2) is 3.63. The Morgan fingerprint density at radius 2 is 1.41 bits per heavy atom. The van der Waals surface area contributed by atoms with Crippen molar-refractivity contribution in [2.45, 2.75) is 6.42 Å². The van der Waals surface area contributed by atoms with E-state index in [2.05, 4.69) is 0 Å². The fourth-order valence-corrected chi connectivity index (χ4v) is 2.30. The van der Waals surface area contributed by atoms with Crippen molar-refractivity contribution in [3.05, 3.63) is 59.7 Å². The Labute approximate surface area is 98.9 Å². The molecule has 3 rings (SSSR count). The molecule has 0 fully saturated rings. The summed E-state index contributed by atoms with van der Waals surface area (Å²) in [5.41, 5.74) is 3.62. The van der Waals surface area contributed by atoms with E-state index < -0.39 is 6.09 Å². The molecule has 17 heavy (non-hydrogen) atoms. The minimum Gasteiger partial charge on any atom is -0.464 e. The summed E-state index contributed by atoms with van der Waals surface area (Å²) in [4.78, 5) is 12.8. The van der Waals surface area contributed by atoms with Gasteiger partial charge in [0.25, 0.3) is 0 Å². The van der Waals surface area contributed by atoms with E-state index in [4.69, 9.17) is 0 Å². The highest BCUT2D eigenvalue weighted by Gasteiger charge is 2.26. The molecule has 84 valence electrons. The van der Waals surface area contributed by atoms with E-state index in [9.17, 15) is 9.90 Å². The van der Waals surface area contributed by atoms with Crippen LogP contribution in [0.4, 0.5) is 16.2 Å². The first-order chi connectivity index (χ1) is 8.27. The van der Waals surface area contributed by atoms with Gasteiger partial charge in [-0.25, -0.2) is 9.69 Å². The molecule has 0 atom stereocenters. The second-order valence-electron chi connectivity index (χ2n) is 4.05. The molecule has 0 aromatic heterocycles. The fourth-order valence-electron chi connectivity index (χ4n) is 2.30. The summed E-state index contributed by atoms with van der Waals surface area (Å²) in [7, 11) is 0. The van der Waals surface area contributed by atoms with Crippen LogP contribution in [0.2, 0.25) is 0 Å². The highest BCUT2D eigenvalue weighted by atomic mass is 16.4. The summed E-state index contributed by atoms with van der Waals surface area (Å²) in [6.07, 6.45) is -0.152. The van der Waals surface area contributed by atoms with Gasteiger partial charge >= 0.3 is 6.09 Å². The maximum Gasteiger partial charge on any atom is 0.416 e. The van der Waals surface area contributed by atoms with Gasteiger partial charge in [-0.1, -0.05) is 36.4 Å². The Morgan fingerprint density at radius 1 is 0.941 bits per heavy atom. The number of carboxylic acid groups (broad SMARTS) is 1. The lowest BCUT2D eigenvalue weighted by Gasteiger charge is -2.29. The van der Waals surface area contributed by atoms with E-state index in [0.29, 0.717) is 0 Å². The van der Waals surface area contributed by atoms with Gasteiger partial charge in [0.2, 0.25) is 0 Å². The van der Waals surface area contributed by atoms with Gasteiger partial charge in [0.1, 0.15) is 0 Å². The molecule has 2 aromatic carbocycles. The average Bonchev–Trinajstić information content (AvgIpc) is 2.35. The predicted octanol–water partition coefficient (Wildman–Crippen LogP) is 3.41. The first-order valence-corrected chi connectivity index (χ1v) is 5.46. The number of fused-ring (bicyclic) bond motifs is 2. The van der Waals surface area contributed by atoms with Gasteiger partial charge in [-0.05, 0) is 23.3 Å². The average molecular weight is 225 g/mol. The molecule has 0 aliphatic carbocycles. The van der Waals surface area contributed by atoms with Crippen LogP contribution in [0.5, 0.6) is 0 Å². The number of carbonyl (C=O) groups is 1. The SMILES string of the molecule is O=C(O)N1c2ccccc2Cc2ccccc21. The van der Waals surface area contributed by atoms with Crippen molar-refractivity contribution in [1.29, 1.82) is 0 Å². The van der Waals surface area contributed by atoms with Crippen molar-refractivity contribution in [2.75, 3.05) is 4.90 Å². The molecule has 0 radical (unpaired) electrons. The van der Waals surface area contributed by atoms with Gasteiger partial charge in [-0.2, -0.15) is 0 Å². The molecule has 0 spiro atoms. The highest BCUT2D eigenvalue weighted by Crippen LogP contribution is 2.38. The van der Waals surface area contributed by atoms with Gasteiger partial charge in [0, 0.05) is 6.42 Å². The summed E-state index contributed by atoms with van der Waals surface area (Å²) in [5, 5.41) is 9.36. The first-order valence-electron chi connectivity index (χ1n) is 5.46. The molecule has 0 unspecified atom stereocenters. The monoisotopic (exact) mass is 225 g/mol. The largest absolute Gasteiger partial charge is 0.464 e. The third-order valence-electron chi connectivity index (χ3n) is 3.04. The maximum atomic E-state index is 11.4. The number of rotatable bonds is 0. The minimum atomic E-state index is -0.940. The Balaban J connectivity index is 2.24. The van der Waals surface area contributed by atoms with Crippen molar-refractivity contribution >= 4 is 17.5 Å². The van der Waals surface area contributed by atoms with Crippen LogP contribution >= 0.6 is 0 Å². The fraction of sp³-hybridized carbons (Fsp3) is 0.0714. The molecule has 0 saturated heterocycles. The van der Waals surface area contributed by atoms with Crippen molar-refractivity contribution in [3.8, 4) is 0 Å². The molecule has 1 aliphatic heterocycles. The standard InChI is InChI=1S/C14H11NO2/c16-14(17)15-12-7-3-1-5-10(12)9-11-6-2-4-8-13(11)15/h1-8H,9H2,(H,16,17). The van der Waals surface area contributed by atoms with Crippen molar-refractivity contribution in [1.82, 2.24) is 0 Å². The summed E-state index contributed by atoms with van der Waals surface area (Å²) in [6, 6.07) is 15.2. The quantitative estimate of drug-likeness (QED) is 0.746. The lowest BCUT2D eigenvalue weighted by molar-refractivity contribution is 0.204. The molecule has 0 saturated carbocycles. The predicted molar refractivity (Wildman–Crippen MR) is 65.9 cm³/mol. The third kappa shape index (κ3) is 1.47. The van der Waals surface area contributed by atoms with Crippen molar-refractivity contribution in [2.24, 2.45) is 0 Å². The van der Waals surface area contributed by atoms with Crippen molar-refractivity contribution < 1.29 is 9.90 Å². The van der Waals surface area contributed by atoms with Crippen LogP contribution in [0.1, 0.15) is 11.1 Å². The molecule has 1 amide bonds. The van der Waals surface area contributed by atoms with Gasteiger partial charge < -0.3 is 5.11 Å². The summed E-state index contributed by atoms with van der Waals surface area (Å²) in [5.74, 6) is 0. The van der Waals surface area contributed by atoms with Crippen LogP contribution in [0.3, 0.4) is 0 Å². The lowest BCUT2D eigenvalue weighted by Crippen LogP contribution is -2.28. The van der Waals surface area contributed by atoms with Gasteiger partial charge in [-0.3, -0.25) is 0 Å². The number of amides is 1. The second-order valence-corrected chi connectivity index (χ2v) is 4.05. The molecule has 2 aromatic rings. The van der Waals surface area contributed by atoms with E-state index in [0.717, 1.165) is 28.9 Å². The maximum absolute atomic E-state index is 11.4. The van der Waals surface area contributed by atoms with E-state index in [1.807, 2.05) is 48.5 Å². The Morgan fingerprint density at radius 3 is 1.88 bits per heavy atom. The summed E-state index contributed by atoms with van der Waals surface area (Å²) < 4.78 is 0. The first kappa shape index (κ1) is 9.90. The number of hydrogen-bond acceptors (Lipinski definition) is 1. The van der Waals surface area contributed by atoms with Gasteiger partial charge in [0.15, 0.2) is 0 Å². The number of anilines is 2. The Hall–Kier alpha value is -2.29. The van der Waals surface area contributed by atoms with Gasteiger partial charge in [0.05, 0.1) is 11.4 Å². The third-order valence-corrected chi connectivity index (χ3v) is 3.04. The van der Waals surface area contributed by atoms with Crippen LogP contribution in [0, 0.1) is 0 Å². The van der Waals surface area contributed by atoms with Crippen LogP contribution in [0.15, 0.2) is 48.5 Å². The number of nitrogens with zero attached hydrogens (tertiary/aromatic N) is 1. The molecule has 0 bridgehead atoms. The molecule has 3 heteroatoms.